The normalized spacial score (nSPS) is 16.8. The van der Waals surface area contributed by atoms with E-state index in [1.807, 2.05) is 24.3 Å². The van der Waals surface area contributed by atoms with E-state index in [1.165, 1.54) is 0 Å². The van der Waals surface area contributed by atoms with E-state index in [0.717, 1.165) is 16.9 Å². The Hall–Kier alpha value is -1.87. The molecule has 0 amide bonds. The number of rotatable bonds is 3. The second-order valence-corrected chi connectivity index (χ2v) is 4.92. The monoisotopic (exact) mass is 273 g/mol. The highest BCUT2D eigenvalue weighted by atomic mass is 35.5. The standard InChI is InChI=1S/C15H12ClNO2/c16-13-8-17-6-5-10(13)7-14(18)12-9-19-15-4-2-1-3-11(12)15/h1-6,8,12H,7,9H2. The summed E-state index contributed by atoms with van der Waals surface area (Å²) in [7, 11) is 0. The maximum atomic E-state index is 12.4. The molecule has 0 N–H and O–H groups in total. The molecule has 3 rings (SSSR count). The number of hydrogen-bond donors (Lipinski definition) is 0. The molecule has 3 nitrogen and oxygen atoms in total. The van der Waals surface area contributed by atoms with Gasteiger partial charge >= 0.3 is 0 Å². The molecule has 19 heavy (non-hydrogen) atoms. The fraction of sp³-hybridized carbons (Fsp3) is 0.200. The molecule has 0 spiro atoms. The lowest BCUT2D eigenvalue weighted by atomic mass is 9.93. The lowest BCUT2D eigenvalue weighted by Gasteiger charge is -2.08. The first-order valence-corrected chi connectivity index (χ1v) is 6.46. The summed E-state index contributed by atoms with van der Waals surface area (Å²) in [6.07, 6.45) is 3.51. The van der Waals surface area contributed by atoms with E-state index in [-0.39, 0.29) is 11.7 Å². The van der Waals surface area contributed by atoms with Gasteiger partial charge in [-0.25, -0.2) is 0 Å². The molecule has 0 radical (unpaired) electrons. The summed E-state index contributed by atoms with van der Waals surface area (Å²) in [5, 5.41) is 0.531. The van der Waals surface area contributed by atoms with Crippen LogP contribution in [0.25, 0.3) is 0 Å². The van der Waals surface area contributed by atoms with Gasteiger partial charge in [-0.1, -0.05) is 29.8 Å². The molecular formula is C15H12ClNO2. The first kappa shape index (κ1) is 12.2. The van der Waals surface area contributed by atoms with Crippen LogP contribution >= 0.6 is 11.6 Å². The molecule has 1 aromatic heterocycles. The van der Waals surface area contributed by atoms with Gasteiger partial charge in [-0.15, -0.1) is 0 Å². The number of nitrogens with zero attached hydrogens (tertiary/aromatic N) is 1. The average Bonchev–Trinajstić information content (AvgIpc) is 2.85. The zero-order chi connectivity index (χ0) is 13.2. The molecule has 1 atom stereocenters. The van der Waals surface area contributed by atoms with Crippen LogP contribution in [0.5, 0.6) is 5.75 Å². The Morgan fingerprint density at radius 2 is 2.21 bits per heavy atom. The van der Waals surface area contributed by atoms with Crippen molar-refractivity contribution in [3.63, 3.8) is 0 Å². The van der Waals surface area contributed by atoms with E-state index in [1.54, 1.807) is 18.5 Å². The van der Waals surface area contributed by atoms with Crippen LogP contribution in [0.2, 0.25) is 5.02 Å². The minimum atomic E-state index is -0.194. The summed E-state index contributed by atoms with van der Waals surface area (Å²) in [6, 6.07) is 9.45. The van der Waals surface area contributed by atoms with Crippen molar-refractivity contribution < 1.29 is 9.53 Å². The number of fused-ring (bicyclic) bond motifs is 1. The minimum absolute atomic E-state index is 0.123. The van der Waals surface area contributed by atoms with Crippen LogP contribution in [-0.2, 0) is 11.2 Å². The van der Waals surface area contributed by atoms with Gasteiger partial charge in [0, 0.05) is 24.4 Å². The zero-order valence-corrected chi connectivity index (χ0v) is 10.9. The Bertz CT molecular complexity index is 627. The van der Waals surface area contributed by atoms with Crippen LogP contribution < -0.4 is 4.74 Å². The number of ether oxygens (including phenoxy) is 1. The van der Waals surface area contributed by atoms with Gasteiger partial charge < -0.3 is 4.74 Å². The highest BCUT2D eigenvalue weighted by molar-refractivity contribution is 6.31. The molecule has 0 bridgehead atoms. The topological polar surface area (TPSA) is 39.2 Å². The first-order chi connectivity index (χ1) is 9.25. The molecule has 0 aliphatic carbocycles. The third kappa shape index (κ3) is 2.34. The van der Waals surface area contributed by atoms with Gasteiger partial charge in [0.2, 0.25) is 0 Å². The van der Waals surface area contributed by atoms with Gasteiger partial charge in [-0.05, 0) is 17.7 Å². The summed E-state index contributed by atoms with van der Waals surface area (Å²) in [5.74, 6) is 0.736. The van der Waals surface area contributed by atoms with Crippen molar-refractivity contribution in [3.8, 4) is 5.75 Å². The predicted molar refractivity (Wildman–Crippen MR) is 72.6 cm³/mol. The SMILES string of the molecule is O=C(Cc1ccncc1Cl)C1COc2ccccc21. The van der Waals surface area contributed by atoms with Crippen LogP contribution in [-0.4, -0.2) is 17.4 Å². The molecule has 1 aliphatic heterocycles. The Labute approximate surface area is 116 Å². The predicted octanol–water partition coefficient (Wildman–Crippen LogP) is 3.02. The second-order valence-electron chi connectivity index (χ2n) is 4.51. The minimum Gasteiger partial charge on any atom is -0.492 e. The molecular weight excluding hydrogens is 262 g/mol. The number of halogens is 1. The lowest BCUT2D eigenvalue weighted by molar-refractivity contribution is -0.120. The van der Waals surface area contributed by atoms with Gasteiger partial charge in [-0.3, -0.25) is 9.78 Å². The van der Waals surface area contributed by atoms with E-state index in [4.69, 9.17) is 16.3 Å². The highest BCUT2D eigenvalue weighted by Crippen LogP contribution is 2.34. The quantitative estimate of drug-likeness (QED) is 0.863. The van der Waals surface area contributed by atoms with Gasteiger partial charge in [0.05, 0.1) is 10.9 Å². The number of para-hydroxylation sites is 1. The van der Waals surface area contributed by atoms with E-state index in [2.05, 4.69) is 4.98 Å². The lowest BCUT2D eigenvalue weighted by Crippen LogP contribution is -2.16. The first-order valence-electron chi connectivity index (χ1n) is 6.08. The molecule has 2 aromatic rings. The summed E-state index contributed by atoms with van der Waals surface area (Å²) in [6.45, 7) is 0.418. The molecule has 1 aromatic carbocycles. The Morgan fingerprint density at radius 3 is 3.05 bits per heavy atom. The molecule has 0 fully saturated rings. The highest BCUT2D eigenvalue weighted by Gasteiger charge is 2.29. The van der Waals surface area contributed by atoms with E-state index in [9.17, 15) is 4.79 Å². The number of pyridine rings is 1. The van der Waals surface area contributed by atoms with Gasteiger partial charge in [0.25, 0.3) is 0 Å². The molecule has 4 heteroatoms. The number of carbonyl (C=O) groups excluding carboxylic acids is 1. The summed E-state index contributed by atoms with van der Waals surface area (Å²) < 4.78 is 5.53. The smallest absolute Gasteiger partial charge is 0.148 e. The number of hydrogen-bond acceptors (Lipinski definition) is 3. The van der Waals surface area contributed by atoms with Crippen molar-refractivity contribution in [2.45, 2.75) is 12.3 Å². The van der Waals surface area contributed by atoms with Gasteiger partial charge in [0.15, 0.2) is 0 Å². The van der Waals surface area contributed by atoms with Crippen LogP contribution in [0.1, 0.15) is 17.0 Å². The zero-order valence-electron chi connectivity index (χ0n) is 10.2. The van der Waals surface area contributed by atoms with E-state index < -0.39 is 0 Å². The Balaban J connectivity index is 1.81. The van der Waals surface area contributed by atoms with Crippen molar-refractivity contribution in [2.24, 2.45) is 0 Å². The molecule has 1 aliphatic rings. The number of carbonyl (C=O) groups is 1. The largest absolute Gasteiger partial charge is 0.492 e. The van der Waals surface area contributed by atoms with Crippen LogP contribution in [0.4, 0.5) is 0 Å². The van der Waals surface area contributed by atoms with Gasteiger partial charge in [0.1, 0.15) is 18.1 Å². The van der Waals surface area contributed by atoms with Crippen molar-refractivity contribution in [1.29, 1.82) is 0 Å². The van der Waals surface area contributed by atoms with Crippen molar-refractivity contribution in [3.05, 3.63) is 58.9 Å². The second kappa shape index (κ2) is 5.02. The fourth-order valence-electron chi connectivity index (χ4n) is 2.29. The fourth-order valence-corrected chi connectivity index (χ4v) is 2.47. The average molecular weight is 274 g/mol. The molecule has 0 saturated heterocycles. The van der Waals surface area contributed by atoms with Crippen molar-refractivity contribution in [1.82, 2.24) is 4.98 Å². The number of benzene rings is 1. The summed E-state index contributed by atoms with van der Waals surface area (Å²) >= 11 is 6.03. The molecule has 96 valence electrons. The summed E-state index contributed by atoms with van der Waals surface area (Å²) in [4.78, 5) is 16.3. The number of aromatic nitrogens is 1. The third-order valence-electron chi connectivity index (χ3n) is 3.31. The van der Waals surface area contributed by atoms with E-state index >= 15 is 0 Å². The number of Topliss-reactive ketones (excluding diaryl/α,β-unsaturated/α-hetero) is 1. The van der Waals surface area contributed by atoms with Crippen molar-refractivity contribution in [2.75, 3.05) is 6.61 Å². The number of ketones is 1. The molecule has 1 unspecified atom stereocenters. The van der Waals surface area contributed by atoms with Crippen LogP contribution in [0.15, 0.2) is 42.7 Å². The van der Waals surface area contributed by atoms with Crippen LogP contribution in [0.3, 0.4) is 0 Å². The Morgan fingerprint density at radius 1 is 1.37 bits per heavy atom. The van der Waals surface area contributed by atoms with E-state index in [0.29, 0.717) is 18.1 Å². The maximum absolute atomic E-state index is 12.4. The van der Waals surface area contributed by atoms with Crippen LogP contribution in [0, 0.1) is 0 Å². The van der Waals surface area contributed by atoms with Gasteiger partial charge in [-0.2, -0.15) is 0 Å². The summed E-state index contributed by atoms with van der Waals surface area (Å²) in [5.41, 5.74) is 1.78. The molecule has 0 saturated carbocycles. The third-order valence-corrected chi connectivity index (χ3v) is 3.65. The maximum Gasteiger partial charge on any atom is 0.148 e. The Kier molecular flexibility index (Phi) is 3.22. The molecule has 2 heterocycles. The van der Waals surface area contributed by atoms with Crippen molar-refractivity contribution >= 4 is 17.4 Å².